The van der Waals surface area contributed by atoms with Gasteiger partial charge in [0.15, 0.2) is 0 Å². The van der Waals surface area contributed by atoms with Gasteiger partial charge in [0.25, 0.3) is 5.91 Å². The highest BCUT2D eigenvalue weighted by Crippen LogP contribution is 2.37. The summed E-state index contributed by atoms with van der Waals surface area (Å²) in [6, 6.07) is 1.95. The van der Waals surface area contributed by atoms with Crippen LogP contribution in [0.4, 0.5) is 0 Å². The van der Waals surface area contributed by atoms with E-state index in [0.717, 1.165) is 42.9 Å². The van der Waals surface area contributed by atoms with E-state index in [2.05, 4.69) is 15.1 Å². The Morgan fingerprint density at radius 1 is 1.24 bits per heavy atom. The number of rotatable bonds is 3. The molecule has 3 heterocycles. The molecule has 1 aliphatic carbocycles. The van der Waals surface area contributed by atoms with E-state index in [0.29, 0.717) is 24.7 Å². The van der Waals surface area contributed by atoms with Gasteiger partial charge in [0.2, 0.25) is 0 Å². The summed E-state index contributed by atoms with van der Waals surface area (Å²) in [6.07, 6.45) is 6.82. The molecular weight excluding hydrogens is 318 g/mol. The van der Waals surface area contributed by atoms with Crippen molar-refractivity contribution in [1.82, 2.24) is 24.6 Å². The number of fused-ring (bicyclic) bond motifs is 1. The lowest BCUT2D eigenvalue weighted by atomic mass is 9.80. The Morgan fingerprint density at radius 2 is 2.08 bits per heavy atom. The Hall–Kier alpha value is -2.28. The molecule has 2 aliphatic rings. The number of aromatic nitrogens is 4. The van der Waals surface area contributed by atoms with Gasteiger partial charge in [-0.2, -0.15) is 5.10 Å². The van der Waals surface area contributed by atoms with E-state index in [4.69, 9.17) is 0 Å². The molecule has 7 nitrogen and oxygen atoms in total. The summed E-state index contributed by atoms with van der Waals surface area (Å²) in [5.74, 6) is 0.225. The van der Waals surface area contributed by atoms with E-state index >= 15 is 0 Å². The topological polar surface area (TPSA) is 84.1 Å². The average Bonchev–Trinajstić information content (AvgIpc) is 2.85. The van der Waals surface area contributed by atoms with Crippen LogP contribution in [0.2, 0.25) is 0 Å². The molecule has 25 heavy (non-hydrogen) atoms. The third-order valence-corrected chi connectivity index (χ3v) is 5.22. The van der Waals surface area contributed by atoms with Crippen molar-refractivity contribution in [2.24, 2.45) is 5.92 Å². The van der Waals surface area contributed by atoms with Crippen molar-refractivity contribution in [2.75, 3.05) is 6.54 Å². The second kappa shape index (κ2) is 6.55. The number of carbonyl (C=O) groups is 1. The van der Waals surface area contributed by atoms with E-state index in [-0.39, 0.29) is 5.91 Å². The highest BCUT2D eigenvalue weighted by atomic mass is 16.3. The fourth-order valence-corrected chi connectivity index (χ4v) is 3.46. The molecule has 1 amide bonds. The number of aryl methyl sites for hydroxylation is 2. The minimum atomic E-state index is -0.486. The molecule has 0 spiro atoms. The van der Waals surface area contributed by atoms with Gasteiger partial charge in [-0.3, -0.25) is 14.5 Å². The van der Waals surface area contributed by atoms with E-state index in [1.807, 2.05) is 17.7 Å². The molecule has 0 unspecified atom stereocenters. The zero-order chi connectivity index (χ0) is 17.4. The predicted molar refractivity (Wildman–Crippen MR) is 90.7 cm³/mol. The normalized spacial score (nSPS) is 19.0. The Balaban J connectivity index is 1.53. The minimum Gasteiger partial charge on any atom is -0.386 e. The molecule has 0 aromatic carbocycles. The summed E-state index contributed by atoms with van der Waals surface area (Å²) in [5.41, 5.74) is 2.87. The smallest absolute Gasteiger partial charge is 0.274 e. The first-order chi connectivity index (χ1) is 12.1. The third-order valence-electron chi connectivity index (χ3n) is 5.22. The second-order valence-corrected chi connectivity index (χ2v) is 7.04. The van der Waals surface area contributed by atoms with Crippen LogP contribution in [-0.4, -0.2) is 42.2 Å². The number of hydrogen-bond acceptors (Lipinski definition) is 5. The minimum absolute atomic E-state index is 0.108. The van der Waals surface area contributed by atoms with Crippen molar-refractivity contribution in [3.63, 3.8) is 0 Å². The standard InChI is InChI=1S/C18H23N5O2/c1-12-9-20-16(10-19-12)18(25)22-6-3-7-23-14(11-22)8-15(21-23)17(24)13-4-2-5-13/h8-10,13,17,24H,2-7,11H2,1H3/t17-/m1/s1. The summed E-state index contributed by atoms with van der Waals surface area (Å²) in [5, 5.41) is 15.1. The molecule has 0 saturated heterocycles. The van der Waals surface area contributed by atoms with Gasteiger partial charge in [-0.05, 0) is 38.2 Å². The lowest BCUT2D eigenvalue weighted by molar-refractivity contribution is 0.0580. The summed E-state index contributed by atoms with van der Waals surface area (Å²) >= 11 is 0. The van der Waals surface area contributed by atoms with Crippen LogP contribution in [-0.2, 0) is 13.1 Å². The van der Waals surface area contributed by atoms with Gasteiger partial charge in [0.1, 0.15) is 11.8 Å². The fourth-order valence-electron chi connectivity index (χ4n) is 3.46. The number of nitrogens with zero attached hydrogens (tertiary/aromatic N) is 5. The number of aliphatic hydroxyl groups excluding tert-OH is 1. The zero-order valence-corrected chi connectivity index (χ0v) is 14.4. The van der Waals surface area contributed by atoms with Crippen LogP contribution in [0, 0.1) is 12.8 Å². The molecule has 0 bridgehead atoms. The predicted octanol–water partition coefficient (Wildman–Crippen LogP) is 1.86. The van der Waals surface area contributed by atoms with Gasteiger partial charge in [-0.25, -0.2) is 4.98 Å². The maximum Gasteiger partial charge on any atom is 0.274 e. The van der Waals surface area contributed by atoms with Crippen LogP contribution in [0.1, 0.15) is 59.4 Å². The van der Waals surface area contributed by atoms with Gasteiger partial charge in [-0.1, -0.05) is 6.42 Å². The van der Waals surface area contributed by atoms with Crippen LogP contribution >= 0.6 is 0 Å². The molecule has 2 aromatic rings. The molecule has 1 fully saturated rings. The monoisotopic (exact) mass is 341 g/mol. The van der Waals surface area contributed by atoms with Gasteiger partial charge < -0.3 is 10.0 Å². The molecule has 7 heteroatoms. The highest BCUT2D eigenvalue weighted by molar-refractivity contribution is 5.91. The zero-order valence-electron chi connectivity index (χ0n) is 14.4. The van der Waals surface area contributed by atoms with Gasteiger partial charge >= 0.3 is 0 Å². The lowest BCUT2D eigenvalue weighted by Gasteiger charge is -2.29. The summed E-state index contributed by atoms with van der Waals surface area (Å²) < 4.78 is 1.94. The van der Waals surface area contributed by atoms with Crippen molar-refractivity contribution >= 4 is 5.91 Å². The van der Waals surface area contributed by atoms with E-state index in [9.17, 15) is 9.90 Å². The van der Waals surface area contributed by atoms with Gasteiger partial charge in [0.05, 0.1) is 29.8 Å². The van der Waals surface area contributed by atoms with E-state index < -0.39 is 6.10 Å². The molecule has 1 aliphatic heterocycles. The molecule has 1 atom stereocenters. The van der Waals surface area contributed by atoms with Crippen molar-refractivity contribution in [2.45, 2.75) is 51.8 Å². The van der Waals surface area contributed by atoms with Crippen molar-refractivity contribution in [3.8, 4) is 0 Å². The van der Waals surface area contributed by atoms with Crippen molar-refractivity contribution in [3.05, 3.63) is 41.2 Å². The SMILES string of the molecule is Cc1cnc(C(=O)N2CCCn3nc([C@H](O)C4CCC4)cc3C2)cn1. The van der Waals surface area contributed by atoms with Crippen LogP contribution in [0.5, 0.6) is 0 Å². The molecule has 0 radical (unpaired) electrons. The largest absolute Gasteiger partial charge is 0.386 e. The Morgan fingerprint density at radius 3 is 2.76 bits per heavy atom. The Bertz CT molecular complexity index is 766. The van der Waals surface area contributed by atoms with Crippen LogP contribution in [0.15, 0.2) is 18.5 Å². The third kappa shape index (κ3) is 3.16. The number of hydrogen-bond donors (Lipinski definition) is 1. The number of carbonyl (C=O) groups excluding carboxylic acids is 1. The first kappa shape index (κ1) is 16.2. The second-order valence-electron chi connectivity index (χ2n) is 7.04. The maximum absolute atomic E-state index is 12.7. The first-order valence-corrected chi connectivity index (χ1v) is 8.94. The molecule has 1 N–H and O–H groups in total. The van der Waals surface area contributed by atoms with Crippen LogP contribution in [0.3, 0.4) is 0 Å². The number of amides is 1. The van der Waals surface area contributed by atoms with Crippen molar-refractivity contribution < 1.29 is 9.90 Å². The van der Waals surface area contributed by atoms with Gasteiger partial charge in [0, 0.05) is 19.3 Å². The number of aliphatic hydroxyl groups is 1. The maximum atomic E-state index is 12.7. The summed E-state index contributed by atoms with van der Waals surface area (Å²) in [6.45, 7) is 3.76. The van der Waals surface area contributed by atoms with Crippen LogP contribution < -0.4 is 0 Å². The van der Waals surface area contributed by atoms with E-state index in [1.54, 1.807) is 11.1 Å². The summed E-state index contributed by atoms with van der Waals surface area (Å²) in [7, 11) is 0. The Labute approximate surface area is 146 Å². The summed E-state index contributed by atoms with van der Waals surface area (Å²) in [4.78, 5) is 22.9. The molecule has 4 rings (SSSR count). The van der Waals surface area contributed by atoms with Crippen molar-refractivity contribution in [1.29, 1.82) is 0 Å². The fraction of sp³-hybridized carbons (Fsp3) is 0.556. The van der Waals surface area contributed by atoms with Crippen LogP contribution in [0.25, 0.3) is 0 Å². The van der Waals surface area contributed by atoms with E-state index in [1.165, 1.54) is 12.6 Å². The molecule has 2 aromatic heterocycles. The van der Waals surface area contributed by atoms with Gasteiger partial charge in [-0.15, -0.1) is 0 Å². The quantitative estimate of drug-likeness (QED) is 0.921. The highest BCUT2D eigenvalue weighted by Gasteiger charge is 2.30. The first-order valence-electron chi connectivity index (χ1n) is 8.94. The lowest BCUT2D eigenvalue weighted by Crippen LogP contribution is -2.31. The molecular formula is C18H23N5O2. The molecule has 132 valence electrons. The average molecular weight is 341 g/mol. The molecule has 1 saturated carbocycles. The Kier molecular flexibility index (Phi) is 4.25.